The van der Waals surface area contributed by atoms with E-state index in [9.17, 15) is 9.59 Å². The standard InChI is InChI=1S/C15H20N2O4/c1-15(5-7-21-8-6-15)17-14(20)16-12-4-2-3-11(9-12)10-13(18)19/h2-4,9H,5-8,10H2,1H3,(H,18,19)(H2,16,17,20). The number of carbonyl (C=O) groups excluding carboxylic acids is 1. The molecule has 3 N–H and O–H groups in total. The number of hydrogen-bond acceptors (Lipinski definition) is 3. The molecule has 1 heterocycles. The first-order valence-electron chi connectivity index (χ1n) is 6.94. The van der Waals surface area contributed by atoms with E-state index in [1.54, 1.807) is 24.3 Å². The highest BCUT2D eigenvalue weighted by atomic mass is 16.5. The van der Waals surface area contributed by atoms with Gasteiger partial charge < -0.3 is 20.5 Å². The zero-order valence-electron chi connectivity index (χ0n) is 12.0. The second kappa shape index (κ2) is 6.58. The minimum Gasteiger partial charge on any atom is -0.481 e. The number of amides is 2. The van der Waals surface area contributed by atoms with Crippen LogP contribution in [0.2, 0.25) is 0 Å². The number of benzene rings is 1. The number of carbonyl (C=O) groups is 2. The molecule has 0 unspecified atom stereocenters. The van der Waals surface area contributed by atoms with Crippen LogP contribution in [0.5, 0.6) is 0 Å². The van der Waals surface area contributed by atoms with Crippen LogP contribution in [0.25, 0.3) is 0 Å². The lowest BCUT2D eigenvalue weighted by Gasteiger charge is -2.34. The maximum Gasteiger partial charge on any atom is 0.319 e. The minimum absolute atomic E-state index is 0.0633. The molecule has 2 rings (SSSR count). The van der Waals surface area contributed by atoms with E-state index in [2.05, 4.69) is 10.6 Å². The van der Waals surface area contributed by atoms with E-state index in [1.165, 1.54) is 0 Å². The van der Waals surface area contributed by atoms with Crippen LogP contribution in [0.15, 0.2) is 24.3 Å². The number of carboxylic acid groups (broad SMARTS) is 1. The van der Waals surface area contributed by atoms with Gasteiger partial charge in [0.15, 0.2) is 0 Å². The first-order valence-corrected chi connectivity index (χ1v) is 6.94. The Balaban J connectivity index is 1.94. The Labute approximate surface area is 123 Å². The van der Waals surface area contributed by atoms with E-state index in [-0.39, 0.29) is 18.0 Å². The molecule has 1 saturated heterocycles. The van der Waals surface area contributed by atoms with E-state index in [1.807, 2.05) is 6.92 Å². The molecule has 0 spiro atoms. The van der Waals surface area contributed by atoms with Gasteiger partial charge in [-0.25, -0.2) is 4.79 Å². The highest BCUT2D eigenvalue weighted by molar-refractivity contribution is 5.90. The molecule has 0 aromatic heterocycles. The van der Waals surface area contributed by atoms with Gasteiger partial charge in [-0.2, -0.15) is 0 Å². The summed E-state index contributed by atoms with van der Waals surface area (Å²) in [6.45, 7) is 3.28. The summed E-state index contributed by atoms with van der Waals surface area (Å²) in [5, 5.41) is 14.5. The number of carboxylic acids is 1. The number of nitrogens with one attached hydrogen (secondary N) is 2. The third kappa shape index (κ3) is 4.75. The van der Waals surface area contributed by atoms with E-state index in [4.69, 9.17) is 9.84 Å². The molecule has 0 bridgehead atoms. The lowest BCUT2D eigenvalue weighted by molar-refractivity contribution is -0.136. The summed E-state index contributed by atoms with van der Waals surface area (Å²) in [7, 11) is 0. The van der Waals surface area contributed by atoms with Crippen molar-refractivity contribution in [1.82, 2.24) is 5.32 Å². The lowest BCUT2D eigenvalue weighted by atomic mass is 9.93. The van der Waals surface area contributed by atoms with Crippen LogP contribution in [0, 0.1) is 0 Å². The van der Waals surface area contributed by atoms with Crippen molar-refractivity contribution >= 4 is 17.7 Å². The van der Waals surface area contributed by atoms with Gasteiger partial charge in [0.1, 0.15) is 0 Å². The second-order valence-corrected chi connectivity index (χ2v) is 5.52. The van der Waals surface area contributed by atoms with E-state index < -0.39 is 5.97 Å². The molecule has 1 aromatic carbocycles. The average molecular weight is 292 g/mol. The maximum atomic E-state index is 12.0. The van der Waals surface area contributed by atoms with Gasteiger partial charge in [0.25, 0.3) is 0 Å². The van der Waals surface area contributed by atoms with Gasteiger partial charge in [0.2, 0.25) is 0 Å². The fraction of sp³-hybridized carbons (Fsp3) is 0.467. The summed E-state index contributed by atoms with van der Waals surface area (Å²) in [6.07, 6.45) is 1.49. The molecular formula is C15H20N2O4. The quantitative estimate of drug-likeness (QED) is 0.792. The van der Waals surface area contributed by atoms with Gasteiger partial charge in [-0.1, -0.05) is 12.1 Å². The maximum absolute atomic E-state index is 12.0. The first kappa shape index (κ1) is 15.3. The first-order chi connectivity index (χ1) is 9.97. The van der Waals surface area contributed by atoms with Gasteiger partial charge in [0, 0.05) is 24.4 Å². The molecule has 0 aliphatic carbocycles. The summed E-state index contributed by atoms with van der Waals surface area (Å²) in [4.78, 5) is 22.7. The molecule has 21 heavy (non-hydrogen) atoms. The van der Waals surface area contributed by atoms with Crippen LogP contribution in [0.3, 0.4) is 0 Å². The Morgan fingerprint density at radius 2 is 2.05 bits per heavy atom. The Morgan fingerprint density at radius 3 is 2.71 bits per heavy atom. The van der Waals surface area contributed by atoms with Gasteiger partial charge in [0.05, 0.1) is 6.42 Å². The molecule has 0 radical (unpaired) electrons. The monoisotopic (exact) mass is 292 g/mol. The molecule has 1 aliphatic rings. The normalized spacial score (nSPS) is 17.0. The number of rotatable bonds is 4. The highest BCUT2D eigenvalue weighted by Crippen LogP contribution is 2.20. The average Bonchev–Trinajstić information content (AvgIpc) is 2.38. The van der Waals surface area contributed by atoms with Crippen molar-refractivity contribution in [3.63, 3.8) is 0 Å². The van der Waals surface area contributed by atoms with Crippen LogP contribution in [0.1, 0.15) is 25.3 Å². The van der Waals surface area contributed by atoms with Crippen molar-refractivity contribution in [3.8, 4) is 0 Å². The minimum atomic E-state index is -0.897. The summed E-state index contributed by atoms with van der Waals surface area (Å²) in [5.41, 5.74) is 0.973. The number of hydrogen-bond donors (Lipinski definition) is 3. The van der Waals surface area contributed by atoms with Crippen LogP contribution in [-0.4, -0.2) is 35.9 Å². The Hall–Kier alpha value is -2.08. The number of aliphatic carboxylic acids is 1. The number of urea groups is 1. The summed E-state index contributed by atoms with van der Waals surface area (Å²) >= 11 is 0. The Morgan fingerprint density at radius 1 is 1.33 bits per heavy atom. The van der Waals surface area contributed by atoms with Crippen molar-refractivity contribution in [2.45, 2.75) is 31.7 Å². The molecule has 2 amide bonds. The summed E-state index contributed by atoms with van der Waals surface area (Å²) in [6, 6.07) is 6.56. The summed E-state index contributed by atoms with van der Waals surface area (Å²) in [5.74, 6) is -0.897. The number of ether oxygens (including phenoxy) is 1. The van der Waals surface area contributed by atoms with Gasteiger partial charge in [-0.15, -0.1) is 0 Å². The molecule has 1 fully saturated rings. The fourth-order valence-electron chi connectivity index (χ4n) is 2.32. The van der Waals surface area contributed by atoms with Crippen molar-refractivity contribution < 1.29 is 19.4 Å². The largest absolute Gasteiger partial charge is 0.481 e. The van der Waals surface area contributed by atoms with Crippen molar-refractivity contribution in [2.24, 2.45) is 0 Å². The topological polar surface area (TPSA) is 87.7 Å². The smallest absolute Gasteiger partial charge is 0.319 e. The molecule has 0 atom stereocenters. The van der Waals surface area contributed by atoms with E-state index in [0.717, 1.165) is 12.8 Å². The van der Waals surface area contributed by atoms with Crippen molar-refractivity contribution in [1.29, 1.82) is 0 Å². The van der Waals surface area contributed by atoms with Crippen molar-refractivity contribution in [2.75, 3.05) is 18.5 Å². The fourth-order valence-corrected chi connectivity index (χ4v) is 2.32. The molecule has 0 saturated carbocycles. The molecule has 6 nitrogen and oxygen atoms in total. The van der Waals surface area contributed by atoms with Gasteiger partial charge in [-0.05, 0) is 37.5 Å². The lowest BCUT2D eigenvalue weighted by Crippen LogP contribution is -2.51. The zero-order valence-corrected chi connectivity index (χ0v) is 12.0. The van der Waals surface area contributed by atoms with E-state index in [0.29, 0.717) is 24.5 Å². The van der Waals surface area contributed by atoms with Crippen LogP contribution < -0.4 is 10.6 Å². The van der Waals surface area contributed by atoms with Crippen molar-refractivity contribution in [3.05, 3.63) is 29.8 Å². The third-order valence-corrected chi connectivity index (χ3v) is 3.55. The SMILES string of the molecule is CC1(NC(=O)Nc2cccc(CC(=O)O)c2)CCOCC1. The van der Waals surface area contributed by atoms with Crippen LogP contribution in [-0.2, 0) is 16.0 Å². The van der Waals surface area contributed by atoms with Crippen LogP contribution in [0.4, 0.5) is 10.5 Å². The molecule has 6 heteroatoms. The molecule has 1 aromatic rings. The van der Waals surface area contributed by atoms with Gasteiger partial charge >= 0.3 is 12.0 Å². The van der Waals surface area contributed by atoms with Crippen LogP contribution >= 0.6 is 0 Å². The summed E-state index contributed by atoms with van der Waals surface area (Å²) < 4.78 is 5.29. The second-order valence-electron chi connectivity index (χ2n) is 5.52. The predicted molar refractivity (Wildman–Crippen MR) is 78.4 cm³/mol. The number of anilines is 1. The predicted octanol–water partition coefficient (Wildman–Crippen LogP) is 2.00. The Kier molecular flexibility index (Phi) is 4.80. The van der Waals surface area contributed by atoms with Gasteiger partial charge in [-0.3, -0.25) is 4.79 Å². The molecule has 1 aliphatic heterocycles. The zero-order chi connectivity index (χ0) is 15.3. The third-order valence-electron chi connectivity index (χ3n) is 3.55. The van der Waals surface area contributed by atoms with E-state index >= 15 is 0 Å². The highest BCUT2D eigenvalue weighted by Gasteiger charge is 2.28. The molecule has 114 valence electrons. The Bertz CT molecular complexity index is 524. The molecular weight excluding hydrogens is 272 g/mol.